The minimum absolute atomic E-state index is 0.0299. The van der Waals surface area contributed by atoms with Crippen molar-refractivity contribution in [3.8, 4) is 0 Å². The third kappa shape index (κ3) is 6.49. The molecule has 1 aliphatic heterocycles. The number of sulfone groups is 1. The Bertz CT molecular complexity index is 1320. The van der Waals surface area contributed by atoms with Crippen molar-refractivity contribution in [2.45, 2.75) is 58.2 Å². The number of fused-ring (bicyclic) bond motifs is 1. The topological polar surface area (TPSA) is 117 Å². The van der Waals surface area contributed by atoms with E-state index in [1.165, 1.54) is 16.8 Å². The van der Waals surface area contributed by atoms with Gasteiger partial charge in [0.05, 0.1) is 5.75 Å². The molecule has 0 bridgehead atoms. The lowest BCUT2D eigenvalue weighted by atomic mass is 9.88. The first-order valence-electron chi connectivity index (χ1n) is 13.4. The smallest absolute Gasteiger partial charge is 0.249 e. The number of benzene rings is 1. The number of amides is 3. The molecule has 0 radical (unpaired) electrons. The fourth-order valence-electron chi connectivity index (χ4n) is 5.56. The third-order valence-electron chi connectivity index (χ3n) is 7.64. The minimum Gasteiger partial charge on any atom is -0.343 e. The summed E-state index contributed by atoms with van der Waals surface area (Å²) in [5, 5.41) is 3.01. The van der Waals surface area contributed by atoms with Crippen molar-refractivity contribution in [3.05, 3.63) is 65.0 Å². The Hall–Kier alpha value is -3.27. The number of nitrogens with zero attached hydrogens (tertiary/aromatic N) is 3. The van der Waals surface area contributed by atoms with E-state index in [4.69, 9.17) is 0 Å². The first-order chi connectivity index (χ1) is 18.4. The van der Waals surface area contributed by atoms with Crippen LogP contribution in [0.3, 0.4) is 0 Å². The van der Waals surface area contributed by atoms with Gasteiger partial charge in [-0.05, 0) is 55.2 Å². The first-order valence-corrected chi connectivity index (χ1v) is 15.5. The van der Waals surface area contributed by atoms with Crippen molar-refractivity contribution >= 4 is 27.6 Å². The van der Waals surface area contributed by atoms with Gasteiger partial charge in [-0.15, -0.1) is 0 Å². The van der Waals surface area contributed by atoms with E-state index in [2.05, 4.69) is 10.3 Å². The fourth-order valence-corrected chi connectivity index (χ4v) is 6.16. The number of hydrogen-bond donors (Lipinski definition) is 1. The number of carbonyl (C=O) groups is 3. The Morgan fingerprint density at radius 2 is 1.77 bits per heavy atom. The van der Waals surface area contributed by atoms with Gasteiger partial charge in [-0.3, -0.25) is 19.4 Å². The van der Waals surface area contributed by atoms with Crippen molar-refractivity contribution in [3.63, 3.8) is 0 Å². The average molecular weight is 555 g/mol. The molecule has 2 heterocycles. The number of aryl methyl sites for hydroxylation is 1. The molecule has 1 aromatic carbocycles. The van der Waals surface area contributed by atoms with Crippen LogP contribution < -0.4 is 5.32 Å². The van der Waals surface area contributed by atoms with Crippen molar-refractivity contribution in [2.24, 2.45) is 11.8 Å². The van der Waals surface area contributed by atoms with E-state index in [1.807, 2.05) is 45.0 Å². The van der Waals surface area contributed by atoms with Crippen LogP contribution in [0, 0.1) is 18.8 Å². The number of pyridine rings is 1. The molecule has 2 aliphatic rings. The van der Waals surface area contributed by atoms with E-state index < -0.39 is 33.9 Å². The molecule has 4 rings (SSSR count). The van der Waals surface area contributed by atoms with Gasteiger partial charge in [0, 0.05) is 37.3 Å². The maximum absolute atomic E-state index is 14.4. The predicted molar refractivity (Wildman–Crippen MR) is 148 cm³/mol. The highest BCUT2D eigenvalue weighted by molar-refractivity contribution is 7.90. The SMILES string of the molecule is Cc1ccc([C@H](C(=O)N(C)CCS(C)(=O)=O)N2C(=O)C(C3Cc4ccccc4C3)NC(=O)[C@H]2CC(C)C)cn1. The second kappa shape index (κ2) is 11.5. The summed E-state index contributed by atoms with van der Waals surface area (Å²) in [7, 11) is -1.79. The summed E-state index contributed by atoms with van der Waals surface area (Å²) in [5.74, 6) is -1.28. The van der Waals surface area contributed by atoms with Gasteiger partial charge in [0.25, 0.3) is 0 Å². The molecular weight excluding hydrogens is 516 g/mol. The molecule has 1 fully saturated rings. The van der Waals surface area contributed by atoms with Gasteiger partial charge in [0.1, 0.15) is 28.0 Å². The quantitative estimate of drug-likeness (QED) is 0.507. The second-order valence-corrected chi connectivity index (χ2v) is 13.6. The van der Waals surface area contributed by atoms with Gasteiger partial charge in [-0.2, -0.15) is 0 Å². The Morgan fingerprint density at radius 3 is 2.31 bits per heavy atom. The third-order valence-corrected chi connectivity index (χ3v) is 8.57. The van der Waals surface area contributed by atoms with Gasteiger partial charge >= 0.3 is 0 Å². The Balaban J connectivity index is 1.75. The van der Waals surface area contributed by atoms with Crippen LogP contribution in [0.25, 0.3) is 0 Å². The number of nitrogens with one attached hydrogen (secondary N) is 1. The van der Waals surface area contributed by atoms with Crippen LogP contribution in [0.1, 0.15) is 48.7 Å². The summed E-state index contributed by atoms with van der Waals surface area (Å²) in [4.78, 5) is 49.2. The van der Waals surface area contributed by atoms with Crippen molar-refractivity contribution in [2.75, 3.05) is 25.6 Å². The zero-order chi connectivity index (χ0) is 28.5. The van der Waals surface area contributed by atoms with Gasteiger partial charge < -0.3 is 15.1 Å². The number of rotatable bonds is 9. The summed E-state index contributed by atoms with van der Waals surface area (Å²) in [6, 6.07) is 8.81. The molecule has 2 aromatic rings. The molecule has 1 saturated heterocycles. The van der Waals surface area contributed by atoms with Gasteiger partial charge in [-0.25, -0.2) is 8.42 Å². The molecule has 1 aromatic heterocycles. The van der Waals surface area contributed by atoms with E-state index in [1.54, 1.807) is 18.3 Å². The van der Waals surface area contributed by atoms with Crippen LogP contribution in [-0.2, 0) is 37.1 Å². The minimum atomic E-state index is -3.32. The fraction of sp³-hybridized carbons (Fsp3) is 0.517. The molecule has 1 unspecified atom stereocenters. The molecule has 0 spiro atoms. The monoisotopic (exact) mass is 554 g/mol. The normalized spacial score (nSPS) is 20.6. The lowest BCUT2D eigenvalue weighted by Crippen LogP contribution is -2.67. The highest BCUT2D eigenvalue weighted by atomic mass is 32.2. The molecule has 210 valence electrons. The summed E-state index contributed by atoms with van der Waals surface area (Å²) in [5.41, 5.74) is 3.56. The largest absolute Gasteiger partial charge is 0.343 e. The van der Waals surface area contributed by atoms with E-state index in [0.717, 1.165) is 23.1 Å². The molecule has 1 N–H and O–H groups in total. The van der Waals surface area contributed by atoms with Crippen LogP contribution in [0.5, 0.6) is 0 Å². The van der Waals surface area contributed by atoms with Crippen LogP contribution in [0.4, 0.5) is 0 Å². The van der Waals surface area contributed by atoms with Gasteiger partial charge in [0.15, 0.2) is 0 Å². The first kappa shape index (κ1) is 28.7. The van der Waals surface area contributed by atoms with Crippen LogP contribution >= 0.6 is 0 Å². The molecule has 1 aliphatic carbocycles. The lowest BCUT2D eigenvalue weighted by molar-refractivity contribution is -0.160. The highest BCUT2D eigenvalue weighted by Crippen LogP contribution is 2.35. The zero-order valence-corrected chi connectivity index (χ0v) is 24.1. The Labute approximate surface area is 230 Å². The molecule has 3 amide bonds. The maximum Gasteiger partial charge on any atom is 0.249 e. The second-order valence-electron chi connectivity index (χ2n) is 11.3. The molecule has 39 heavy (non-hydrogen) atoms. The predicted octanol–water partition coefficient (Wildman–Crippen LogP) is 2.09. The highest BCUT2D eigenvalue weighted by Gasteiger charge is 2.50. The van der Waals surface area contributed by atoms with Crippen LogP contribution in [-0.4, -0.2) is 78.6 Å². The van der Waals surface area contributed by atoms with E-state index in [-0.39, 0.29) is 35.9 Å². The van der Waals surface area contributed by atoms with Crippen LogP contribution in [0.2, 0.25) is 0 Å². The summed E-state index contributed by atoms with van der Waals surface area (Å²) in [6.07, 6.45) is 4.39. The average Bonchev–Trinajstić information content (AvgIpc) is 3.30. The number of carbonyl (C=O) groups excluding carboxylic acids is 3. The molecule has 9 nitrogen and oxygen atoms in total. The summed E-state index contributed by atoms with van der Waals surface area (Å²) < 4.78 is 23.6. The van der Waals surface area contributed by atoms with Crippen molar-refractivity contribution in [1.29, 1.82) is 0 Å². The van der Waals surface area contributed by atoms with Gasteiger partial charge in [0.2, 0.25) is 17.7 Å². The maximum atomic E-state index is 14.4. The Morgan fingerprint density at radius 1 is 1.13 bits per heavy atom. The van der Waals surface area contributed by atoms with Gasteiger partial charge in [-0.1, -0.05) is 44.2 Å². The molecule has 10 heteroatoms. The molecule has 3 atom stereocenters. The van der Waals surface area contributed by atoms with Crippen LogP contribution in [0.15, 0.2) is 42.6 Å². The Kier molecular flexibility index (Phi) is 8.44. The van der Waals surface area contributed by atoms with E-state index in [0.29, 0.717) is 24.8 Å². The van der Waals surface area contributed by atoms with E-state index >= 15 is 0 Å². The molecule has 0 saturated carbocycles. The lowest BCUT2D eigenvalue weighted by Gasteiger charge is -2.45. The molecular formula is C29H38N4O5S. The number of piperazine rings is 1. The van der Waals surface area contributed by atoms with Crippen molar-refractivity contribution in [1.82, 2.24) is 20.1 Å². The zero-order valence-electron chi connectivity index (χ0n) is 23.3. The standard InChI is InChI=1S/C29H38N4O5S/c1-18(2)14-24-27(34)31-25(23-15-20-8-6-7-9-21(20)16-23)28(35)33(24)26(22-11-10-19(3)30-17-22)29(36)32(4)12-13-39(5,37)38/h6-11,17-18,23-26H,12-16H2,1-5H3,(H,31,34)/t24-,25?,26-/m1/s1. The summed E-state index contributed by atoms with van der Waals surface area (Å²) >= 11 is 0. The van der Waals surface area contributed by atoms with Crippen molar-refractivity contribution < 1.29 is 22.8 Å². The number of likely N-dealkylation sites (N-methyl/N-ethyl adjacent to an activating group) is 1. The number of hydrogen-bond acceptors (Lipinski definition) is 6. The summed E-state index contributed by atoms with van der Waals surface area (Å²) in [6.45, 7) is 5.74. The number of aromatic nitrogens is 1. The van der Waals surface area contributed by atoms with E-state index in [9.17, 15) is 22.8 Å².